The van der Waals surface area contributed by atoms with Crippen LogP contribution in [0.2, 0.25) is 0 Å². The van der Waals surface area contributed by atoms with Gasteiger partial charge in [-0.05, 0) is 49.6 Å². The van der Waals surface area contributed by atoms with Crippen molar-refractivity contribution in [2.45, 2.75) is 38.4 Å². The van der Waals surface area contributed by atoms with Gasteiger partial charge in [-0.15, -0.1) is 5.10 Å². The van der Waals surface area contributed by atoms with Crippen LogP contribution >= 0.6 is 0 Å². The fourth-order valence-electron chi connectivity index (χ4n) is 3.22. The first-order valence-electron chi connectivity index (χ1n) is 11.6. The van der Waals surface area contributed by atoms with Gasteiger partial charge in [-0.1, -0.05) is 17.7 Å². The number of rotatable bonds is 13. The van der Waals surface area contributed by atoms with Gasteiger partial charge in [0.25, 0.3) is 11.8 Å². The van der Waals surface area contributed by atoms with Gasteiger partial charge in [0.15, 0.2) is 5.69 Å². The van der Waals surface area contributed by atoms with Crippen LogP contribution in [0.3, 0.4) is 0 Å². The molecule has 0 saturated carbocycles. The molecule has 0 bridgehead atoms. The summed E-state index contributed by atoms with van der Waals surface area (Å²) < 4.78 is 56.8. The zero-order chi connectivity index (χ0) is 26.7. The number of unbranched alkanes of at least 4 members (excludes halogenated alkanes) is 3. The molecule has 2 aromatic heterocycles. The van der Waals surface area contributed by atoms with E-state index in [-0.39, 0.29) is 30.2 Å². The van der Waals surface area contributed by atoms with Crippen LogP contribution in [0.1, 0.15) is 52.2 Å². The quantitative estimate of drug-likeness (QED) is 0.261. The normalized spacial score (nSPS) is 11.2. The average Bonchev–Trinajstić information content (AvgIpc) is 3.38. The van der Waals surface area contributed by atoms with Gasteiger partial charge >= 0.3 is 6.18 Å². The number of halogens is 4. The van der Waals surface area contributed by atoms with Crippen molar-refractivity contribution in [2.75, 3.05) is 19.8 Å². The zero-order valence-corrected chi connectivity index (χ0v) is 19.8. The fraction of sp³-hybridized carbons (Fsp3) is 0.375. The van der Waals surface area contributed by atoms with Crippen molar-refractivity contribution >= 4 is 11.8 Å². The minimum atomic E-state index is -4.55. The predicted molar refractivity (Wildman–Crippen MR) is 125 cm³/mol. The smallest absolute Gasteiger partial charge is 0.405 e. The molecule has 0 atom stereocenters. The highest BCUT2D eigenvalue weighted by atomic mass is 19.4. The minimum Gasteiger partial charge on any atom is -0.491 e. The number of nitrogens with one attached hydrogen (secondary N) is 2. The SMILES string of the molecule is O=C(NCC(F)(F)F)c1ccc(-n2cc(C(=O)NCc3ccccn3)nn2)c(OCCCCCCF)c1. The Kier molecular flexibility index (Phi) is 9.92. The summed E-state index contributed by atoms with van der Waals surface area (Å²) in [6.45, 7) is -1.47. The van der Waals surface area contributed by atoms with Gasteiger partial charge in [0, 0.05) is 11.8 Å². The highest BCUT2D eigenvalue weighted by molar-refractivity contribution is 5.95. The monoisotopic (exact) mass is 522 g/mol. The van der Waals surface area contributed by atoms with Crippen LogP contribution in [0.5, 0.6) is 5.75 Å². The molecular formula is C24H26F4N6O3. The molecule has 37 heavy (non-hydrogen) atoms. The molecule has 0 aliphatic carbocycles. The van der Waals surface area contributed by atoms with E-state index in [9.17, 15) is 27.2 Å². The molecule has 13 heteroatoms. The minimum absolute atomic E-state index is 0.0140. The van der Waals surface area contributed by atoms with Crippen LogP contribution in [0.15, 0.2) is 48.8 Å². The summed E-state index contributed by atoms with van der Waals surface area (Å²) in [5, 5.41) is 12.3. The number of ether oxygens (including phenoxy) is 1. The van der Waals surface area contributed by atoms with Crippen molar-refractivity contribution in [3.63, 3.8) is 0 Å². The van der Waals surface area contributed by atoms with Gasteiger partial charge in [0.05, 0.1) is 31.7 Å². The Bertz CT molecular complexity index is 1170. The number of amides is 2. The Hall–Kier alpha value is -4.03. The Balaban J connectivity index is 1.74. The summed E-state index contributed by atoms with van der Waals surface area (Å²) in [7, 11) is 0. The molecule has 198 valence electrons. The molecule has 1 aromatic carbocycles. The Morgan fingerprint density at radius 2 is 1.81 bits per heavy atom. The molecule has 0 aliphatic rings. The first-order chi connectivity index (χ1) is 17.8. The van der Waals surface area contributed by atoms with E-state index in [0.717, 1.165) is 6.42 Å². The standard InChI is InChI=1S/C24H26F4N6O3/c25-10-4-1-2-6-12-37-21-13-17(22(35)31-16-24(26,27)28)8-9-20(21)34-15-19(32-33-34)23(36)30-14-18-7-3-5-11-29-18/h3,5,7-9,11,13,15H,1-2,4,6,10,12,14,16H2,(H,30,36)(H,31,35). The topological polar surface area (TPSA) is 111 Å². The third kappa shape index (κ3) is 8.85. The van der Waals surface area contributed by atoms with E-state index in [2.05, 4.69) is 20.6 Å². The van der Waals surface area contributed by atoms with Crippen molar-refractivity contribution in [2.24, 2.45) is 0 Å². The van der Waals surface area contributed by atoms with E-state index in [4.69, 9.17) is 4.74 Å². The number of nitrogens with zero attached hydrogens (tertiary/aromatic N) is 4. The number of benzene rings is 1. The molecule has 0 saturated heterocycles. The van der Waals surface area contributed by atoms with Crippen LogP contribution in [0, 0.1) is 0 Å². The molecule has 0 spiro atoms. The predicted octanol–water partition coefficient (Wildman–Crippen LogP) is 3.79. The second-order valence-corrected chi connectivity index (χ2v) is 7.98. The van der Waals surface area contributed by atoms with Crippen molar-refractivity contribution in [1.82, 2.24) is 30.6 Å². The maximum Gasteiger partial charge on any atom is 0.405 e. The molecule has 0 unspecified atom stereocenters. The number of hydrogen-bond acceptors (Lipinski definition) is 6. The van der Waals surface area contributed by atoms with Crippen molar-refractivity contribution in [3.8, 4) is 11.4 Å². The Morgan fingerprint density at radius 1 is 1.00 bits per heavy atom. The summed E-state index contributed by atoms with van der Waals surface area (Å²) in [5.74, 6) is -1.25. The highest BCUT2D eigenvalue weighted by Gasteiger charge is 2.28. The third-order valence-corrected chi connectivity index (χ3v) is 5.09. The first-order valence-corrected chi connectivity index (χ1v) is 11.6. The molecular weight excluding hydrogens is 496 g/mol. The molecule has 2 N–H and O–H groups in total. The number of hydrogen-bond donors (Lipinski definition) is 2. The maximum atomic E-state index is 12.5. The Labute approximate surface area is 210 Å². The lowest BCUT2D eigenvalue weighted by atomic mass is 10.1. The zero-order valence-electron chi connectivity index (χ0n) is 19.8. The van der Waals surface area contributed by atoms with Gasteiger partial charge in [-0.2, -0.15) is 13.2 Å². The second-order valence-electron chi connectivity index (χ2n) is 7.98. The maximum absolute atomic E-state index is 12.5. The van der Waals surface area contributed by atoms with Gasteiger partial charge < -0.3 is 15.4 Å². The Morgan fingerprint density at radius 3 is 2.54 bits per heavy atom. The van der Waals surface area contributed by atoms with Crippen LogP contribution in [0.4, 0.5) is 17.6 Å². The molecule has 2 heterocycles. The van der Waals surface area contributed by atoms with E-state index < -0.39 is 31.2 Å². The van der Waals surface area contributed by atoms with Crippen molar-refractivity contribution < 1.29 is 31.9 Å². The molecule has 0 radical (unpaired) electrons. The van der Waals surface area contributed by atoms with E-state index >= 15 is 0 Å². The van der Waals surface area contributed by atoms with Crippen LogP contribution in [0.25, 0.3) is 5.69 Å². The average molecular weight is 523 g/mol. The number of carbonyl (C=O) groups excluding carboxylic acids is 2. The number of alkyl halides is 4. The first kappa shape index (κ1) is 27.6. The van der Waals surface area contributed by atoms with Crippen LogP contribution in [-0.4, -0.2) is 57.8 Å². The lowest BCUT2D eigenvalue weighted by molar-refractivity contribution is -0.123. The van der Waals surface area contributed by atoms with Crippen molar-refractivity contribution in [1.29, 1.82) is 0 Å². The number of aromatic nitrogens is 4. The third-order valence-electron chi connectivity index (χ3n) is 5.09. The van der Waals surface area contributed by atoms with Gasteiger partial charge in [0.2, 0.25) is 0 Å². The van der Waals surface area contributed by atoms with E-state index in [1.807, 2.05) is 5.32 Å². The molecule has 3 aromatic rings. The van der Waals surface area contributed by atoms with Crippen molar-refractivity contribution in [3.05, 3.63) is 65.7 Å². The summed E-state index contributed by atoms with van der Waals surface area (Å²) in [6.07, 6.45) is 0.866. The molecule has 0 fully saturated rings. The molecule has 0 aliphatic heterocycles. The lowest BCUT2D eigenvalue weighted by Crippen LogP contribution is -2.33. The van der Waals surface area contributed by atoms with Gasteiger partial charge in [-0.3, -0.25) is 19.0 Å². The van der Waals surface area contributed by atoms with Gasteiger partial charge in [0.1, 0.15) is 18.0 Å². The summed E-state index contributed by atoms with van der Waals surface area (Å²) in [4.78, 5) is 28.8. The molecule has 2 amide bonds. The number of pyridine rings is 1. The molecule has 3 rings (SSSR count). The second kappa shape index (κ2) is 13.3. The van der Waals surface area contributed by atoms with E-state index in [1.165, 1.54) is 29.1 Å². The highest BCUT2D eigenvalue weighted by Crippen LogP contribution is 2.25. The summed E-state index contributed by atoms with van der Waals surface area (Å²) >= 11 is 0. The van der Waals surface area contributed by atoms with E-state index in [0.29, 0.717) is 30.6 Å². The van der Waals surface area contributed by atoms with Gasteiger partial charge in [-0.25, -0.2) is 4.68 Å². The number of carbonyl (C=O) groups is 2. The fourth-order valence-corrected chi connectivity index (χ4v) is 3.22. The summed E-state index contributed by atoms with van der Waals surface area (Å²) in [5.41, 5.74) is 0.950. The largest absolute Gasteiger partial charge is 0.491 e. The molecule has 9 nitrogen and oxygen atoms in total. The van der Waals surface area contributed by atoms with Crippen LogP contribution in [-0.2, 0) is 6.54 Å². The van der Waals surface area contributed by atoms with Crippen LogP contribution < -0.4 is 15.4 Å². The van der Waals surface area contributed by atoms with E-state index in [1.54, 1.807) is 24.4 Å². The summed E-state index contributed by atoms with van der Waals surface area (Å²) in [6, 6.07) is 9.35. The lowest BCUT2D eigenvalue weighted by Gasteiger charge is -2.14.